The van der Waals surface area contributed by atoms with E-state index in [-0.39, 0.29) is 0 Å². The fraction of sp³-hybridized carbons (Fsp3) is 1.00. The van der Waals surface area contributed by atoms with Crippen molar-refractivity contribution in [2.45, 2.75) is 109 Å². The Balaban J connectivity index is 3.51. The van der Waals surface area contributed by atoms with Gasteiger partial charge < -0.3 is 15.9 Å². The summed E-state index contributed by atoms with van der Waals surface area (Å²) in [5, 5.41) is 19.4. The molecule has 3 nitrogen and oxygen atoms in total. The smallest absolute Gasteiger partial charge is 0.0716 e. The van der Waals surface area contributed by atoms with E-state index in [9.17, 15) is 10.2 Å². The molecule has 0 bridgehead atoms. The Morgan fingerprint density at radius 1 is 0.750 bits per heavy atom. The van der Waals surface area contributed by atoms with Crippen LogP contribution in [0, 0.1) is 0 Å². The van der Waals surface area contributed by atoms with Gasteiger partial charge in [-0.25, -0.2) is 0 Å². The van der Waals surface area contributed by atoms with Gasteiger partial charge in [-0.15, -0.1) is 0 Å². The van der Waals surface area contributed by atoms with E-state index in [1.165, 1.54) is 51.4 Å². The van der Waals surface area contributed by atoms with Gasteiger partial charge in [0, 0.05) is 0 Å². The van der Waals surface area contributed by atoms with Gasteiger partial charge in [-0.05, 0) is 20.3 Å². The largest absolute Gasteiger partial charge is 0.391 e. The maximum Gasteiger partial charge on any atom is 0.0716 e. The summed E-state index contributed by atoms with van der Waals surface area (Å²) in [4.78, 5) is 0. The molecule has 3 heteroatoms. The first-order valence-electron chi connectivity index (χ1n) is 8.60. The van der Waals surface area contributed by atoms with Crippen molar-refractivity contribution in [3.8, 4) is 0 Å². The van der Waals surface area contributed by atoms with Crippen molar-refractivity contribution in [1.82, 2.24) is 0 Å². The molecular formula is C17H37NO2. The molecule has 0 spiro atoms. The highest BCUT2D eigenvalue weighted by atomic mass is 16.3. The van der Waals surface area contributed by atoms with E-state index in [1.54, 1.807) is 13.8 Å². The first-order valence-corrected chi connectivity index (χ1v) is 8.60. The zero-order valence-corrected chi connectivity index (χ0v) is 13.9. The maximum absolute atomic E-state index is 9.70. The number of aliphatic hydroxyl groups is 2. The molecule has 122 valence electrons. The lowest BCUT2D eigenvalue weighted by Gasteiger charge is -2.35. The van der Waals surface area contributed by atoms with Crippen LogP contribution < -0.4 is 5.73 Å². The van der Waals surface area contributed by atoms with E-state index in [0.29, 0.717) is 6.42 Å². The van der Waals surface area contributed by atoms with E-state index in [2.05, 4.69) is 6.92 Å². The molecule has 0 saturated carbocycles. The molecule has 0 saturated heterocycles. The number of aliphatic hydroxyl groups excluding tert-OH is 2. The topological polar surface area (TPSA) is 66.5 Å². The Kier molecular flexibility index (Phi) is 11.5. The number of hydrogen-bond acceptors (Lipinski definition) is 3. The third kappa shape index (κ3) is 8.23. The second-order valence-corrected chi connectivity index (χ2v) is 6.40. The van der Waals surface area contributed by atoms with Crippen LogP contribution in [0.5, 0.6) is 0 Å². The minimum Gasteiger partial charge on any atom is -0.391 e. The minimum absolute atomic E-state index is 0.666. The fourth-order valence-corrected chi connectivity index (χ4v) is 2.69. The quantitative estimate of drug-likeness (QED) is 0.452. The maximum atomic E-state index is 9.70. The van der Waals surface area contributed by atoms with Crippen LogP contribution in [0.15, 0.2) is 0 Å². The predicted molar refractivity (Wildman–Crippen MR) is 86.7 cm³/mol. The van der Waals surface area contributed by atoms with Crippen molar-refractivity contribution in [3.63, 3.8) is 0 Å². The molecule has 2 unspecified atom stereocenters. The number of hydrogen-bond donors (Lipinski definition) is 3. The van der Waals surface area contributed by atoms with Crippen LogP contribution in [0.1, 0.15) is 91.4 Å². The second kappa shape index (κ2) is 11.5. The molecule has 0 aromatic rings. The second-order valence-electron chi connectivity index (χ2n) is 6.40. The van der Waals surface area contributed by atoms with E-state index in [1.807, 2.05) is 0 Å². The molecule has 0 aromatic carbocycles. The Morgan fingerprint density at radius 3 is 1.45 bits per heavy atom. The number of unbranched alkanes of at least 4 members (excludes halogenated alkanes) is 9. The van der Waals surface area contributed by atoms with Crippen LogP contribution in [-0.4, -0.2) is 28.0 Å². The normalized spacial score (nSPS) is 17.7. The molecule has 0 fully saturated rings. The lowest BCUT2D eigenvalue weighted by atomic mass is 9.83. The molecule has 2 atom stereocenters. The molecule has 0 rings (SSSR count). The SMILES string of the molecule is CCCCCCCCCCCCC(N)(C(C)O)C(C)O. The van der Waals surface area contributed by atoms with Gasteiger partial charge in [0.1, 0.15) is 0 Å². The van der Waals surface area contributed by atoms with Crippen LogP contribution in [0.2, 0.25) is 0 Å². The van der Waals surface area contributed by atoms with Gasteiger partial charge in [-0.3, -0.25) is 0 Å². The van der Waals surface area contributed by atoms with Gasteiger partial charge in [0.15, 0.2) is 0 Å². The molecule has 0 aliphatic rings. The van der Waals surface area contributed by atoms with Crippen LogP contribution in [0.25, 0.3) is 0 Å². The lowest BCUT2D eigenvalue weighted by molar-refractivity contribution is 0.00127. The molecule has 20 heavy (non-hydrogen) atoms. The Hall–Kier alpha value is -0.120. The van der Waals surface area contributed by atoms with Crippen molar-refractivity contribution in [3.05, 3.63) is 0 Å². The van der Waals surface area contributed by atoms with Crippen molar-refractivity contribution < 1.29 is 10.2 Å². The third-order valence-corrected chi connectivity index (χ3v) is 4.52. The molecule has 0 aliphatic heterocycles. The highest BCUT2D eigenvalue weighted by molar-refractivity contribution is 4.93. The molecule has 0 radical (unpaired) electrons. The van der Waals surface area contributed by atoms with Gasteiger partial charge in [0.2, 0.25) is 0 Å². The fourth-order valence-electron chi connectivity index (χ4n) is 2.69. The average Bonchev–Trinajstić information content (AvgIpc) is 2.40. The molecule has 0 heterocycles. The van der Waals surface area contributed by atoms with Crippen molar-refractivity contribution in [1.29, 1.82) is 0 Å². The van der Waals surface area contributed by atoms with Crippen LogP contribution in [0.4, 0.5) is 0 Å². The van der Waals surface area contributed by atoms with E-state index >= 15 is 0 Å². The summed E-state index contributed by atoms with van der Waals surface area (Å²) in [7, 11) is 0. The molecular weight excluding hydrogens is 250 g/mol. The first-order chi connectivity index (χ1) is 9.45. The summed E-state index contributed by atoms with van der Waals surface area (Å²) in [6.07, 6.45) is 12.2. The summed E-state index contributed by atoms with van der Waals surface area (Å²) in [5.74, 6) is 0. The van der Waals surface area contributed by atoms with Crippen molar-refractivity contribution >= 4 is 0 Å². The van der Waals surface area contributed by atoms with Crippen molar-refractivity contribution in [2.75, 3.05) is 0 Å². The summed E-state index contributed by atoms with van der Waals surface area (Å²) in [6.45, 7) is 5.59. The van der Waals surface area contributed by atoms with Gasteiger partial charge in [0.05, 0.1) is 17.7 Å². The molecule has 0 aliphatic carbocycles. The van der Waals surface area contributed by atoms with Crippen LogP contribution >= 0.6 is 0 Å². The highest BCUT2D eigenvalue weighted by Gasteiger charge is 2.35. The molecule has 0 aromatic heterocycles. The minimum atomic E-state index is -0.847. The first kappa shape index (κ1) is 19.9. The average molecular weight is 287 g/mol. The molecule has 0 amide bonds. The van der Waals surface area contributed by atoms with E-state index in [0.717, 1.165) is 12.8 Å². The van der Waals surface area contributed by atoms with Gasteiger partial charge in [-0.1, -0.05) is 71.1 Å². The van der Waals surface area contributed by atoms with Crippen LogP contribution in [-0.2, 0) is 0 Å². The standard InChI is InChI=1S/C17H37NO2/c1-4-5-6-7-8-9-10-11-12-13-14-17(18,15(2)19)16(3)20/h15-16,19-20H,4-14,18H2,1-3H3. The summed E-state index contributed by atoms with van der Waals surface area (Å²) < 4.78 is 0. The number of nitrogens with two attached hydrogens (primary N) is 1. The highest BCUT2D eigenvalue weighted by Crippen LogP contribution is 2.21. The van der Waals surface area contributed by atoms with E-state index < -0.39 is 17.7 Å². The van der Waals surface area contributed by atoms with Crippen LogP contribution in [0.3, 0.4) is 0 Å². The Morgan fingerprint density at radius 2 is 1.10 bits per heavy atom. The Labute approximate surface area is 126 Å². The summed E-state index contributed by atoms with van der Waals surface area (Å²) >= 11 is 0. The zero-order valence-electron chi connectivity index (χ0n) is 13.9. The summed E-state index contributed by atoms with van der Waals surface area (Å²) in [5.41, 5.74) is 5.25. The van der Waals surface area contributed by atoms with Gasteiger partial charge >= 0.3 is 0 Å². The third-order valence-electron chi connectivity index (χ3n) is 4.52. The van der Waals surface area contributed by atoms with E-state index in [4.69, 9.17) is 5.73 Å². The summed E-state index contributed by atoms with van der Waals surface area (Å²) in [6, 6.07) is 0. The number of rotatable bonds is 13. The lowest BCUT2D eigenvalue weighted by Crippen LogP contribution is -2.57. The Bertz CT molecular complexity index is 209. The van der Waals surface area contributed by atoms with Crippen molar-refractivity contribution in [2.24, 2.45) is 5.73 Å². The zero-order chi connectivity index (χ0) is 15.4. The van der Waals surface area contributed by atoms with Gasteiger partial charge in [0.25, 0.3) is 0 Å². The predicted octanol–water partition coefficient (Wildman–Crippen LogP) is 3.76. The monoisotopic (exact) mass is 287 g/mol. The molecule has 4 N–H and O–H groups in total. The van der Waals surface area contributed by atoms with Gasteiger partial charge in [-0.2, -0.15) is 0 Å².